The van der Waals surface area contributed by atoms with Gasteiger partial charge >= 0.3 is 0 Å². The molecular formula is C17H17N3. The first-order valence-electron chi connectivity index (χ1n) is 7.25. The Balaban J connectivity index is 1.88. The molecule has 3 heteroatoms. The van der Waals surface area contributed by atoms with Crippen LogP contribution in [0.25, 0.3) is 16.9 Å². The lowest BCUT2D eigenvalue weighted by Crippen LogP contribution is -2.10. The van der Waals surface area contributed by atoms with Gasteiger partial charge < -0.3 is 0 Å². The summed E-state index contributed by atoms with van der Waals surface area (Å²) in [6.45, 7) is 2.10. The number of aromatic nitrogens is 3. The maximum Gasteiger partial charge on any atom is 0.155 e. The molecule has 1 aliphatic carbocycles. The summed E-state index contributed by atoms with van der Waals surface area (Å²) in [5.74, 6) is 0. The van der Waals surface area contributed by atoms with Crippen LogP contribution >= 0.6 is 0 Å². The van der Waals surface area contributed by atoms with Gasteiger partial charge in [-0.1, -0.05) is 29.8 Å². The van der Waals surface area contributed by atoms with Crippen LogP contribution in [-0.4, -0.2) is 14.6 Å². The Labute approximate surface area is 118 Å². The molecule has 0 aliphatic heterocycles. The largest absolute Gasteiger partial charge is 0.237 e. The van der Waals surface area contributed by atoms with Gasteiger partial charge in [-0.25, -0.2) is 9.50 Å². The molecule has 0 saturated heterocycles. The summed E-state index contributed by atoms with van der Waals surface area (Å²) in [7, 11) is 0. The van der Waals surface area contributed by atoms with Crippen LogP contribution in [0, 0.1) is 6.92 Å². The molecule has 4 rings (SSSR count). The molecule has 0 fully saturated rings. The SMILES string of the molecule is Cc1ccc(-c2cc3ncc4c(n3n2)CCCC4)cc1. The number of aryl methyl sites for hydroxylation is 3. The van der Waals surface area contributed by atoms with Crippen molar-refractivity contribution in [3.05, 3.63) is 53.3 Å². The normalized spacial score (nSPS) is 14.4. The monoisotopic (exact) mass is 263 g/mol. The van der Waals surface area contributed by atoms with E-state index < -0.39 is 0 Å². The Morgan fingerprint density at radius 3 is 2.70 bits per heavy atom. The molecule has 20 heavy (non-hydrogen) atoms. The fourth-order valence-corrected chi connectivity index (χ4v) is 2.97. The Kier molecular flexibility index (Phi) is 2.59. The minimum absolute atomic E-state index is 0.959. The van der Waals surface area contributed by atoms with Crippen LogP contribution in [0.15, 0.2) is 36.5 Å². The second-order valence-electron chi connectivity index (χ2n) is 5.60. The van der Waals surface area contributed by atoms with Gasteiger partial charge in [-0.2, -0.15) is 5.10 Å². The van der Waals surface area contributed by atoms with Crippen LogP contribution in [0.3, 0.4) is 0 Å². The second kappa shape index (κ2) is 4.44. The van der Waals surface area contributed by atoms with Crippen molar-refractivity contribution in [3.8, 4) is 11.3 Å². The Bertz CT molecular complexity index is 769. The molecule has 3 aromatic rings. The number of nitrogens with zero attached hydrogens (tertiary/aromatic N) is 3. The van der Waals surface area contributed by atoms with Gasteiger partial charge in [-0.15, -0.1) is 0 Å². The zero-order valence-electron chi connectivity index (χ0n) is 11.6. The molecule has 2 heterocycles. The van der Waals surface area contributed by atoms with Gasteiger partial charge in [0.25, 0.3) is 0 Å². The first-order chi connectivity index (χ1) is 9.81. The fraction of sp³-hybridized carbons (Fsp3) is 0.294. The van der Waals surface area contributed by atoms with Gasteiger partial charge in [0.05, 0.1) is 5.69 Å². The Morgan fingerprint density at radius 1 is 1.05 bits per heavy atom. The van der Waals surface area contributed by atoms with Crippen LogP contribution < -0.4 is 0 Å². The number of rotatable bonds is 1. The predicted octanol–water partition coefficient (Wildman–Crippen LogP) is 3.58. The van der Waals surface area contributed by atoms with E-state index in [1.54, 1.807) is 0 Å². The summed E-state index contributed by atoms with van der Waals surface area (Å²) in [6.07, 6.45) is 6.81. The number of benzene rings is 1. The maximum atomic E-state index is 4.78. The zero-order chi connectivity index (χ0) is 13.5. The standard InChI is InChI=1S/C17H17N3/c1-12-6-8-13(9-7-12)15-10-17-18-11-14-4-2-3-5-16(14)20(17)19-15/h6-11H,2-5H2,1H3. The van der Waals surface area contributed by atoms with Gasteiger partial charge in [0.1, 0.15) is 0 Å². The van der Waals surface area contributed by atoms with Gasteiger partial charge in [0, 0.05) is 23.5 Å². The minimum Gasteiger partial charge on any atom is -0.237 e. The van der Waals surface area contributed by atoms with E-state index in [1.807, 2.05) is 10.7 Å². The Hall–Kier alpha value is -2.16. The first kappa shape index (κ1) is 11.6. The van der Waals surface area contributed by atoms with Gasteiger partial charge in [0.2, 0.25) is 0 Å². The van der Waals surface area contributed by atoms with Crippen molar-refractivity contribution in [1.29, 1.82) is 0 Å². The van der Waals surface area contributed by atoms with E-state index in [2.05, 4.69) is 42.2 Å². The third-order valence-electron chi connectivity index (χ3n) is 4.13. The average molecular weight is 263 g/mol. The molecule has 1 aliphatic rings. The van der Waals surface area contributed by atoms with Crippen molar-refractivity contribution >= 4 is 5.65 Å². The molecule has 1 aromatic carbocycles. The van der Waals surface area contributed by atoms with E-state index in [-0.39, 0.29) is 0 Å². The lowest BCUT2D eigenvalue weighted by atomic mass is 9.97. The highest BCUT2D eigenvalue weighted by Crippen LogP contribution is 2.24. The van der Waals surface area contributed by atoms with Gasteiger partial charge in [-0.3, -0.25) is 0 Å². The number of hydrogen-bond acceptors (Lipinski definition) is 2. The highest BCUT2D eigenvalue weighted by molar-refractivity contribution is 5.64. The second-order valence-corrected chi connectivity index (χ2v) is 5.60. The van der Waals surface area contributed by atoms with Crippen LogP contribution in [0.1, 0.15) is 29.7 Å². The van der Waals surface area contributed by atoms with Crippen molar-refractivity contribution in [1.82, 2.24) is 14.6 Å². The lowest BCUT2D eigenvalue weighted by molar-refractivity contribution is 0.641. The molecule has 0 unspecified atom stereocenters. The molecule has 2 aromatic heterocycles. The molecule has 100 valence electrons. The lowest BCUT2D eigenvalue weighted by Gasteiger charge is -2.15. The fourth-order valence-electron chi connectivity index (χ4n) is 2.97. The van der Waals surface area contributed by atoms with Crippen molar-refractivity contribution in [2.75, 3.05) is 0 Å². The summed E-state index contributed by atoms with van der Waals surface area (Å²) >= 11 is 0. The maximum absolute atomic E-state index is 4.78. The average Bonchev–Trinajstić information content (AvgIpc) is 2.92. The quantitative estimate of drug-likeness (QED) is 0.671. The van der Waals surface area contributed by atoms with E-state index in [0.717, 1.165) is 29.7 Å². The van der Waals surface area contributed by atoms with E-state index >= 15 is 0 Å². The third-order valence-corrected chi connectivity index (χ3v) is 4.13. The smallest absolute Gasteiger partial charge is 0.155 e. The third kappa shape index (κ3) is 1.82. The van der Waals surface area contributed by atoms with Gasteiger partial charge in [-0.05, 0) is 38.2 Å². The molecule has 0 saturated carbocycles. The van der Waals surface area contributed by atoms with Crippen LogP contribution in [0.4, 0.5) is 0 Å². The number of hydrogen-bond donors (Lipinski definition) is 0. The molecule has 0 amide bonds. The van der Waals surface area contributed by atoms with Crippen molar-refractivity contribution < 1.29 is 0 Å². The van der Waals surface area contributed by atoms with Crippen LogP contribution in [-0.2, 0) is 12.8 Å². The molecule has 0 N–H and O–H groups in total. The van der Waals surface area contributed by atoms with E-state index in [4.69, 9.17) is 5.10 Å². The topological polar surface area (TPSA) is 30.2 Å². The van der Waals surface area contributed by atoms with E-state index in [0.29, 0.717) is 0 Å². The van der Waals surface area contributed by atoms with E-state index in [9.17, 15) is 0 Å². The molecule has 3 nitrogen and oxygen atoms in total. The summed E-state index contributed by atoms with van der Waals surface area (Å²) in [4.78, 5) is 4.56. The molecule has 0 atom stereocenters. The Morgan fingerprint density at radius 2 is 1.85 bits per heavy atom. The number of fused-ring (bicyclic) bond motifs is 3. The van der Waals surface area contributed by atoms with Crippen LogP contribution in [0.2, 0.25) is 0 Å². The minimum atomic E-state index is 0.959. The molecule has 0 bridgehead atoms. The predicted molar refractivity (Wildman–Crippen MR) is 79.8 cm³/mol. The van der Waals surface area contributed by atoms with Crippen molar-refractivity contribution in [2.24, 2.45) is 0 Å². The van der Waals surface area contributed by atoms with E-state index in [1.165, 1.54) is 29.7 Å². The molecule has 0 spiro atoms. The van der Waals surface area contributed by atoms with Gasteiger partial charge in [0.15, 0.2) is 5.65 Å². The van der Waals surface area contributed by atoms with Crippen molar-refractivity contribution in [2.45, 2.75) is 32.6 Å². The highest BCUT2D eigenvalue weighted by Gasteiger charge is 2.15. The summed E-state index contributed by atoms with van der Waals surface area (Å²) < 4.78 is 2.05. The molecule has 0 radical (unpaired) electrons. The van der Waals surface area contributed by atoms with Crippen molar-refractivity contribution in [3.63, 3.8) is 0 Å². The molecular weight excluding hydrogens is 246 g/mol. The zero-order valence-corrected chi connectivity index (χ0v) is 11.6. The summed E-state index contributed by atoms with van der Waals surface area (Å²) in [5.41, 5.74) is 7.11. The summed E-state index contributed by atoms with van der Waals surface area (Å²) in [6, 6.07) is 10.6. The summed E-state index contributed by atoms with van der Waals surface area (Å²) in [5, 5.41) is 4.78. The van der Waals surface area contributed by atoms with Crippen LogP contribution in [0.5, 0.6) is 0 Å². The first-order valence-corrected chi connectivity index (χ1v) is 7.25. The highest BCUT2D eigenvalue weighted by atomic mass is 15.3.